The molecule has 1 aromatic heterocycles. The number of aromatic nitrogens is 1. The number of aliphatic hydroxyl groups is 1. The zero-order chi connectivity index (χ0) is 10.6. The Morgan fingerprint density at radius 1 is 1.50 bits per heavy atom. The Balaban J connectivity index is 2.56. The zero-order valence-corrected chi connectivity index (χ0v) is 8.77. The van der Waals surface area contributed by atoms with Gasteiger partial charge in [0.05, 0.1) is 6.10 Å². The summed E-state index contributed by atoms with van der Waals surface area (Å²) in [5.74, 6) is 1.03. The second-order valence-electron chi connectivity index (χ2n) is 3.94. The van der Waals surface area contributed by atoms with Crippen molar-refractivity contribution in [2.24, 2.45) is 5.92 Å². The van der Waals surface area contributed by atoms with Gasteiger partial charge in [-0.05, 0) is 37.3 Å². The molecule has 2 unspecified atom stereocenters. The number of aliphatic hydroxyl groups excluding tert-OH is 1. The third kappa shape index (κ3) is 3.34. The third-order valence-electron chi connectivity index (χ3n) is 2.24. The van der Waals surface area contributed by atoms with Crippen molar-refractivity contribution in [3.8, 4) is 0 Å². The van der Waals surface area contributed by atoms with Crippen LogP contribution in [0, 0.1) is 5.92 Å². The van der Waals surface area contributed by atoms with E-state index in [1.165, 1.54) is 0 Å². The smallest absolute Gasteiger partial charge is 0.126 e. The zero-order valence-electron chi connectivity index (χ0n) is 8.77. The number of rotatable bonds is 4. The predicted molar refractivity (Wildman–Crippen MR) is 57.8 cm³/mol. The molecule has 0 saturated carbocycles. The fourth-order valence-corrected chi connectivity index (χ4v) is 1.66. The van der Waals surface area contributed by atoms with Crippen LogP contribution in [0.25, 0.3) is 0 Å². The van der Waals surface area contributed by atoms with Gasteiger partial charge in [-0.1, -0.05) is 13.0 Å². The minimum Gasteiger partial charge on any atom is -0.393 e. The van der Waals surface area contributed by atoms with Crippen LogP contribution >= 0.6 is 0 Å². The van der Waals surface area contributed by atoms with Crippen LogP contribution in [0.3, 0.4) is 0 Å². The van der Waals surface area contributed by atoms with Crippen molar-refractivity contribution in [2.45, 2.75) is 32.8 Å². The van der Waals surface area contributed by atoms with E-state index in [9.17, 15) is 5.11 Å². The van der Waals surface area contributed by atoms with Crippen LogP contribution in [0.1, 0.15) is 25.8 Å². The van der Waals surface area contributed by atoms with Gasteiger partial charge in [-0.3, -0.25) is 0 Å². The highest BCUT2D eigenvalue weighted by atomic mass is 16.3. The Labute approximate surface area is 85.0 Å². The molecule has 0 fully saturated rings. The van der Waals surface area contributed by atoms with Crippen LogP contribution in [-0.4, -0.2) is 16.2 Å². The predicted octanol–water partition coefficient (Wildman–Crippen LogP) is 1.61. The first-order chi connectivity index (χ1) is 6.59. The summed E-state index contributed by atoms with van der Waals surface area (Å²) >= 11 is 0. The average molecular weight is 194 g/mol. The Morgan fingerprint density at radius 3 is 2.79 bits per heavy atom. The molecule has 14 heavy (non-hydrogen) atoms. The molecule has 0 radical (unpaired) electrons. The molecule has 0 aromatic carbocycles. The number of hydrogen-bond acceptors (Lipinski definition) is 3. The molecule has 0 bridgehead atoms. The fourth-order valence-electron chi connectivity index (χ4n) is 1.66. The van der Waals surface area contributed by atoms with Crippen LogP contribution < -0.4 is 5.73 Å². The van der Waals surface area contributed by atoms with E-state index in [-0.39, 0.29) is 6.10 Å². The molecule has 0 spiro atoms. The molecule has 0 amide bonds. The van der Waals surface area contributed by atoms with Crippen LogP contribution in [0.2, 0.25) is 0 Å². The summed E-state index contributed by atoms with van der Waals surface area (Å²) in [4.78, 5) is 4.03. The van der Waals surface area contributed by atoms with Gasteiger partial charge in [0.15, 0.2) is 0 Å². The molecule has 0 saturated heterocycles. The molecule has 0 aliphatic heterocycles. The summed E-state index contributed by atoms with van der Waals surface area (Å²) in [6.45, 7) is 3.92. The molecule has 3 heteroatoms. The van der Waals surface area contributed by atoms with Gasteiger partial charge in [0.25, 0.3) is 0 Å². The van der Waals surface area contributed by atoms with Gasteiger partial charge >= 0.3 is 0 Å². The van der Waals surface area contributed by atoms with Crippen molar-refractivity contribution >= 4 is 5.82 Å². The molecule has 3 nitrogen and oxygen atoms in total. The Bertz CT molecular complexity index is 286. The first-order valence-electron chi connectivity index (χ1n) is 4.97. The quantitative estimate of drug-likeness (QED) is 0.765. The first kappa shape index (κ1) is 11.0. The molecule has 3 N–H and O–H groups in total. The first-order valence-corrected chi connectivity index (χ1v) is 4.97. The van der Waals surface area contributed by atoms with E-state index in [0.29, 0.717) is 11.7 Å². The van der Waals surface area contributed by atoms with Gasteiger partial charge < -0.3 is 10.8 Å². The second kappa shape index (κ2) is 4.96. The van der Waals surface area contributed by atoms with Gasteiger partial charge in [0.1, 0.15) is 5.82 Å². The van der Waals surface area contributed by atoms with Gasteiger partial charge in [-0.25, -0.2) is 4.98 Å². The number of nitrogen functional groups attached to an aromatic ring is 1. The number of pyridine rings is 1. The normalized spacial score (nSPS) is 15.1. The van der Waals surface area contributed by atoms with Crippen LogP contribution in [0.15, 0.2) is 18.3 Å². The van der Waals surface area contributed by atoms with E-state index in [0.717, 1.165) is 18.4 Å². The van der Waals surface area contributed by atoms with E-state index in [1.54, 1.807) is 6.20 Å². The minimum absolute atomic E-state index is 0.247. The Morgan fingerprint density at radius 2 is 2.21 bits per heavy atom. The molecule has 1 aromatic rings. The Kier molecular flexibility index (Phi) is 3.89. The van der Waals surface area contributed by atoms with E-state index in [2.05, 4.69) is 11.9 Å². The summed E-state index contributed by atoms with van der Waals surface area (Å²) in [7, 11) is 0. The number of nitrogens with zero attached hydrogens (tertiary/aromatic N) is 1. The number of nitrogens with two attached hydrogens (primary N) is 1. The van der Waals surface area contributed by atoms with Gasteiger partial charge in [-0.2, -0.15) is 0 Å². The maximum Gasteiger partial charge on any atom is 0.126 e. The topological polar surface area (TPSA) is 59.1 Å². The average Bonchev–Trinajstić information content (AvgIpc) is 2.07. The molecule has 1 rings (SSSR count). The molecule has 1 heterocycles. The lowest BCUT2D eigenvalue weighted by Crippen LogP contribution is -2.10. The van der Waals surface area contributed by atoms with E-state index < -0.39 is 0 Å². The van der Waals surface area contributed by atoms with Crippen molar-refractivity contribution in [1.82, 2.24) is 4.98 Å². The molecular weight excluding hydrogens is 176 g/mol. The minimum atomic E-state index is -0.247. The van der Waals surface area contributed by atoms with Crippen LogP contribution in [0.4, 0.5) is 5.82 Å². The summed E-state index contributed by atoms with van der Waals surface area (Å²) in [6, 6.07) is 3.88. The van der Waals surface area contributed by atoms with Crippen LogP contribution in [-0.2, 0) is 6.42 Å². The highest BCUT2D eigenvalue weighted by molar-refractivity contribution is 5.38. The van der Waals surface area contributed by atoms with E-state index in [4.69, 9.17) is 5.73 Å². The summed E-state index contributed by atoms with van der Waals surface area (Å²) in [5, 5.41) is 9.22. The Hall–Kier alpha value is -1.09. The largest absolute Gasteiger partial charge is 0.393 e. The molecule has 0 aliphatic rings. The number of anilines is 1. The van der Waals surface area contributed by atoms with Gasteiger partial charge in [-0.15, -0.1) is 0 Å². The third-order valence-corrected chi connectivity index (χ3v) is 2.24. The highest BCUT2D eigenvalue weighted by Crippen LogP contribution is 2.16. The SMILES string of the molecule is CC(O)CC(C)Cc1cccnc1N. The molecule has 2 atom stereocenters. The molecule has 78 valence electrons. The molecular formula is C11H18N2O. The lowest BCUT2D eigenvalue weighted by Gasteiger charge is -2.13. The molecule has 0 aliphatic carbocycles. The second-order valence-corrected chi connectivity index (χ2v) is 3.94. The van der Waals surface area contributed by atoms with Gasteiger partial charge in [0.2, 0.25) is 0 Å². The maximum absolute atomic E-state index is 9.22. The summed E-state index contributed by atoms with van der Waals surface area (Å²) < 4.78 is 0. The number of hydrogen-bond donors (Lipinski definition) is 2. The summed E-state index contributed by atoms with van der Waals surface area (Å²) in [6.07, 6.45) is 3.12. The monoisotopic (exact) mass is 194 g/mol. The van der Waals surface area contributed by atoms with Crippen LogP contribution in [0.5, 0.6) is 0 Å². The maximum atomic E-state index is 9.22. The van der Waals surface area contributed by atoms with Crippen molar-refractivity contribution in [1.29, 1.82) is 0 Å². The van der Waals surface area contributed by atoms with Gasteiger partial charge in [0, 0.05) is 6.20 Å². The van der Waals surface area contributed by atoms with Crippen molar-refractivity contribution in [3.63, 3.8) is 0 Å². The van der Waals surface area contributed by atoms with Crippen molar-refractivity contribution in [3.05, 3.63) is 23.9 Å². The summed E-state index contributed by atoms with van der Waals surface area (Å²) in [5.41, 5.74) is 6.80. The lowest BCUT2D eigenvalue weighted by molar-refractivity contribution is 0.164. The van der Waals surface area contributed by atoms with Crippen molar-refractivity contribution < 1.29 is 5.11 Å². The highest BCUT2D eigenvalue weighted by Gasteiger charge is 2.09. The fraction of sp³-hybridized carbons (Fsp3) is 0.545. The van der Waals surface area contributed by atoms with Crippen molar-refractivity contribution in [2.75, 3.05) is 5.73 Å². The van der Waals surface area contributed by atoms with E-state index >= 15 is 0 Å². The standard InChI is InChI=1S/C11H18N2O/c1-8(6-9(2)14)7-10-4-3-5-13-11(10)12/h3-5,8-9,14H,6-7H2,1-2H3,(H2,12,13). The lowest BCUT2D eigenvalue weighted by atomic mass is 9.96. The van der Waals surface area contributed by atoms with E-state index in [1.807, 2.05) is 19.1 Å².